The number of carbonyl (C=O) groups excluding carboxylic acids is 2. The lowest BCUT2D eigenvalue weighted by molar-refractivity contribution is -0.152. The zero-order valence-corrected chi connectivity index (χ0v) is 18.3. The Morgan fingerprint density at radius 2 is 1.80 bits per heavy atom. The molecule has 1 N–H and O–H groups in total. The number of hydrogen-bond donors (Lipinski definition) is 1. The topological polar surface area (TPSA) is 73.2 Å². The lowest BCUT2D eigenvalue weighted by Crippen LogP contribution is -2.55. The average Bonchev–Trinajstić information content (AvgIpc) is 3.00. The fraction of sp³-hybridized carbons (Fsp3) is 0.458. The third-order valence-corrected chi connectivity index (χ3v) is 5.94. The number of esters is 1. The van der Waals surface area contributed by atoms with Crippen molar-refractivity contribution in [2.45, 2.75) is 65.0 Å². The van der Waals surface area contributed by atoms with Crippen LogP contribution in [0.25, 0.3) is 6.08 Å². The Balaban J connectivity index is 1.73. The molecule has 1 heterocycles. The van der Waals surface area contributed by atoms with Crippen LogP contribution in [-0.2, 0) is 20.9 Å². The molecule has 1 saturated carbocycles. The molecule has 0 unspecified atom stereocenters. The lowest BCUT2D eigenvalue weighted by Gasteiger charge is -2.34. The summed E-state index contributed by atoms with van der Waals surface area (Å²) in [6.07, 6.45) is 7.39. The number of aryl methyl sites for hydroxylation is 2. The molecule has 3 rings (SSSR count). The van der Waals surface area contributed by atoms with Crippen LogP contribution in [0.4, 0.5) is 0 Å². The maximum absolute atomic E-state index is 12.6. The number of nitrogens with zero attached hydrogens (tertiary/aromatic N) is 2. The standard InChI is InChI=1S/C24H31N3O3/c1-17-8-10-20(11-9-17)16-27-19(3)21(18(2)26-27)12-13-22(28)25-24(23(29)30-4)14-6-5-7-15-24/h8-13H,5-7,14-16H2,1-4H3,(H,25,28)/b13-12+. The van der Waals surface area contributed by atoms with Crippen LogP contribution in [0.5, 0.6) is 0 Å². The van der Waals surface area contributed by atoms with Crippen LogP contribution in [0.3, 0.4) is 0 Å². The molecule has 1 amide bonds. The highest BCUT2D eigenvalue weighted by molar-refractivity contribution is 5.96. The summed E-state index contributed by atoms with van der Waals surface area (Å²) in [5, 5.41) is 7.55. The van der Waals surface area contributed by atoms with Crippen molar-refractivity contribution >= 4 is 18.0 Å². The zero-order valence-electron chi connectivity index (χ0n) is 18.3. The van der Waals surface area contributed by atoms with Gasteiger partial charge in [0.05, 0.1) is 19.3 Å². The van der Waals surface area contributed by atoms with Crippen LogP contribution in [-0.4, -0.2) is 34.3 Å². The summed E-state index contributed by atoms with van der Waals surface area (Å²) in [7, 11) is 1.37. The van der Waals surface area contributed by atoms with E-state index < -0.39 is 5.54 Å². The minimum atomic E-state index is -0.909. The fourth-order valence-electron chi connectivity index (χ4n) is 4.14. The van der Waals surface area contributed by atoms with Crippen molar-refractivity contribution in [1.82, 2.24) is 15.1 Å². The van der Waals surface area contributed by atoms with E-state index >= 15 is 0 Å². The Bertz CT molecular complexity index is 935. The van der Waals surface area contributed by atoms with Gasteiger partial charge in [-0.15, -0.1) is 0 Å². The minimum Gasteiger partial charge on any atom is -0.467 e. The molecule has 1 aromatic carbocycles. The predicted molar refractivity (Wildman–Crippen MR) is 117 cm³/mol. The van der Waals surface area contributed by atoms with Crippen molar-refractivity contribution in [3.63, 3.8) is 0 Å². The van der Waals surface area contributed by atoms with Gasteiger partial charge in [0.2, 0.25) is 5.91 Å². The molecule has 0 bridgehead atoms. The summed E-state index contributed by atoms with van der Waals surface area (Å²) in [5.74, 6) is -0.644. The smallest absolute Gasteiger partial charge is 0.331 e. The van der Waals surface area contributed by atoms with Gasteiger partial charge >= 0.3 is 5.97 Å². The molecule has 6 heteroatoms. The quantitative estimate of drug-likeness (QED) is 0.581. The second kappa shape index (κ2) is 9.28. The first-order valence-corrected chi connectivity index (χ1v) is 10.5. The summed E-state index contributed by atoms with van der Waals surface area (Å²) in [5.41, 5.74) is 4.28. The number of benzene rings is 1. The number of ether oxygens (including phenoxy) is 1. The number of aromatic nitrogens is 2. The number of hydrogen-bond acceptors (Lipinski definition) is 4. The molecule has 6 nitrogen and oxygen atoms in total. The van der Waals surface area contributed by atoms with Crippen LogP contribution in [0.15, 0.2) is 30.3 Å². The third kappa shape index (κ3) is 4.81. The Kier molecular flexibility index (Phi) is 6.75. The summed E-state index contributed by atoms with van der Waals surface area (Å²) in [4.78, 5) is 25.0. The van der Waals surface area contributed by atoms with Gasteiger partial charge in [0.25, 0.3) is 0 Å². The number of methoxy groups -OCH3 is 1. The van der Waals surface area contributed by atoms with Crippen LogP contribution >= 0.6 is 0 Å². The van der Waals surface area contributed by atoms with E-state index in [2.05, 4.69) is 41.6 Å². The Morgan fingerprint density at radius 3 is 2.43 bits per heavy atom. The van der Waals surface area contributed by atoms with Crippen molar-refractivity contribution in [2.24, 2.45) is 0 Å². The van der Waals surface area contributed by atoms with Crippen LogP contribution < -0.4 is 5.32 Å². The molecule has 1 fully saturated rings. The molecule has 0 saturated heterocycles. The maximum atomic E-state index is 12.6. The van der Waals surface area contributed by atoms with Gasteiger partial charge in [0.15, 0.2) is 0 Å². The van der Waals surface area contributed by atoms with Crippen molar-refractivity contribution in [2.75, 3.05) is 7.11 Å². The minimum absolute atomic E-state index is 0.285. The summed E-state index contributed by atoms with van der Waals surface area (Å²) in [6.45, 7) is 6.69. The van der Waals surface area contributed by atoms with E-state index in [0.717, 1.165) is 36.2 Å². The first-order valence-electron chi connectivity index (χ1n) is 10.5. The summed E-state index contributed by atoms with van der Waals surface area (Å²) >= 11 is 0. The van der Waals surface area contributed by atoms with E-state index in [1.807, 2.05) is 18.5 Å². The molecule has 0 spiro atoms. The van der Waals surface area contributed by atoms with E-state index in [4.69, 9.17) is 4.74 Å². The molecule has 160 valence electrons. The van der Waals surface area contributed by atoms with Gasteiger partial charge in [-0.05, 0) is 45.3 Å². The molecular formula is C24H31N3O3. The SMILES string of the molecule is COC(=O)C1(NC(=O)/C=C/c2c(C)nn(Cc3ccc(C)cc3)c2C)CCCCC1. The molecule has 1 aliphatic carbocycles. The number of nitrogens with one attached hydrogen (secondary N) is 1. The number of carbonyl (C=O) groups is 2. The van der Waals surface area contributed by atoms with Gasteiger partial charge in [-0.1, -0.05) is 49.1 Å². The molecule has 2 aromatic rings. The van der Waals surface area contributed by atoms with E-state index in [1.165, 1.54) is 24.3 Å². The van der Waals surface area contributed by atoms with Gasteiger partial charge in [0.1, 0.15) is 5.54 Å². The van der Waals surface area contributed by atoms with Crippen molar-refractivity contribution in [1.29, 1.82) is 0 Å². The number of amides is 1. The zero-order chi connectivity index (χ0) is 21.7. The molecule has 1 aromatic heterocycles. The molecule has 1 aliphatic rings. The van der Waals surface area contributed by atoms with E-state index in [0.29, 0.717) is 19.4 Å². The largest absolute Gasteiger partial charge is 0.467 e. The Labute approximate surface area is 178 Å². The van der Waals surface area contributed by atoms with Gasteiger partial charge < -0.3 is 10.1 Å². The second-order valence-corrected chi connectivity index (χ2v) is 8.18. The Morgan fingerprint density at radius 1 is 1.13 bits per heavy atom. The lowest BCUT2D eigenvalue weighted by atomic mass is 9.81. The first kappa shape index (κ1) is 21.8. The molecular weight excluding hydrogens is 378 g/mol. The van der Waals surface area contributed by atoms with Crippen LogP contribution in [0, 0.1) is 20.8 Å². The van der Waals surface area contributed by atoms with Crippen molar-refractivity contribution in [3.05, 3.63) is 58.4 Å². The normalized spacial score (nSPS) is 15.9. The molecule has 0 atom stereocenters. The van der Waals surface area contributed by atoms with Crippen LogP contribution in [0.2, 0.25) is 0 Å². The number of rotatable bonds is 6. The van der Waals surface area contributed by atoms with Crippen molar-refractivity contribution < 1.29 is 14.3 Å². The van der Waals surface area contributed by atoms with Crippen LogP contribution in [0.1, 0.15) is 60.2 Å². The second-order valence-electron chi connectivity index (χ2n) is 8.18. The van der Waals surface area contributed by atoms with Gasteiger partial charge in [-0.3, -0.25) is 9.48 Å². The van der Waals surface area contributed by atoms with E-state index in [1.54, 1.807) is 6.08 Å². The van der Waals surface area contributed by atoms with Gasteiger partial charge in [-0.25, -0.2) is 4.79 Å². The van der Waals surface area contributed by atoms with E-state index in [9.17, 15) is 9.59 Å². The predicted octanol–water partition coefficient (Wildman–Crippen LogP) is 3.86. The highest BCUT2D eigenvalue weighted by Gasteiger charge is 2.41. The molecule has 0 radical (unpaired) electrons. The molecule has 30 heavy (non-hydrogen) atoms. The summed E-state index contributed by atoms with van der Waals surface area (Å²) < 4.78 is 6.92. The van der Waals surface area contributed by atoms with Gasteiger partial charge in [-0.2, -0.15) is 5.10 Å². The third-order valence-electron chi connectivity index (χ3n) is 5.94. The van der Waals surface area contributed by atoms with Crippen molar-refractivity contribution in [3.8, 4) is 0 Å². The molecule has 0 aliphatic heterocycles. The fourth-order valence-corrected chi connectivity index (χ4v) is 4.14. The highest BCUT2D eigenvalue weighted by Crippen LogP contribution is 2.29. The highest BCUT2D eigenvalue weighted by atomic mass is 16.5. The summed E-state index contributed by atoms with van der Waals surface area (Å²) in [6, 6.07) is 8.39. The Hall–Kier alpha value is -2.89. The average molecular weight is 410 g/mol. The van der Waals surface area contributed by atoms with E-state index in [-0.39, 0.29) is 11.9 Å². The van der Waals surface area contributed by atoms with Gasteiger partial charge in [0, 0.05) is 17.3 Å². The maximum Gasteiger partial charge on any atom is 0.331 e. The monoisotopic (exact) mass is 409 g/mol. The first-order chi connectivity index (χ1) is 14.3.